The average Bonchev–Trinajstić information content (AvgIpc) is 1.94. The molecule has 0 aromatic rings. The fraction of sp³-hybridized carbons (Fsp3) is 0.778. The number of nitrogens with one attached hydrogen (secondary N) is 1. The second-order valence-corrected chi connectivity index (χ2v) is 6.41. The van der Waals surface area contributed by atoms with E-state index < -0.39 is 0 Å². The van der Waals surface area contributed by atoms with E-state index in [1.165, 1.54) is 0 Å². The van der Waals surface area contributed by atoms with Crippen LogP contribution >= 0.6 is 45.2 Å². The lowest BCUT2D eigenvalue weighted by Crippen LogP contribution is -2.46. The van der Waals surface area contributed by atoms with Crippen LogP contribution in [0.15, 0.2) is 0 Å². The van der Waals surface area contributed by atoms with Crippen LogP contribution in [-0.4, -0.2) is 19.2 Å². The lowest BCUT2D eigenvalue weighted by Gasteiger charge is -2.26. The summed E-state index contributed by atoms with van der Waals surface area (Å²) >= 11 is 3.53. The first kappa shape index (κ1) is 14.8. The van der Waals surface area contributed by atoms with Crippen LogP contribution in [0.3, 0.4) is 0 Å². The molecular weight excluding hydrogens is 408 g/mol. The van der Waals surface area contributed by atoms with Gasteiger partial charge in [0.1, 0.15) is 0 Å². The Morgan fingerprint density at radius 3 is 2.07 bits per heavy atom. The van der Waals surface area contributed by atoms with Gasteiger partial charge in [-0.05, 0) is 49.8 Å². The molecule has 0 heterocycles. The summed E-state index contributed by atoms with van der Waals surface area (Å²) in [5.41, 5.74) is -0.0974. The number of hydrogen-bond donors (Lipinski definition) is 1. The Morgan fingerprint density at radius 1 is 1.29 bits per heavy atom. The number of carbonyl (C=O) groups is 2. The molecule has 82 valence electrons. The van der Waals surface area contributed by atoms with Crippen LogP contribution in [0.1, 0.15) is 33.6 Å². The highest BCUT2D eigenvalue weighted by Gasteiger charge is 2.21. The Labute approximate surface area is 112 Å². The van der Waals surface area contributed by atoms with E-state index in [2.05, 4.69) is 5.32 Å². The number of hydrogen-bond acceptors (Lipinski definition) is 3. The zero-order chi connectivity index (χ0) is 11.4. The van der Waals surface area contributed by atoms with E-state index in [0.717, 1.165) is 0 Å². The van der Waals surface area contributed by atoms with E-state index in [1.54, 1.807) is 45.2 Å². The Morgan fingerprint density at radius 2 is 1.79 bits per heavy atom. The van der Waals surface area contributed by atoms with Crippen molar-refractivity contribution in [3.05, 3.63) is 0 Å². The van der Waals surface area contributed by atoms with Gasteiger partial charge in [-0.3, -0.25) is 9.59 Å². The van der Waals surface area contributed by atoms with E-state index in [0.29, 0.717) is 12.8 Å². The van der Waals surface area contributed by atoms with Crippen LogP contribution in [-0.2, 0) is 9.59 Å². The molecule has 1 unspecified atom stereocenters. The molecule has 0 spiro atoms. The lowest BCUT2D eigenvalue weighted by molar-refractivity contribution is -0.112. The molecule has 1 N–H and O–H groups in total. The summed E-state index contributed by atoms with van der Waals surface area (Å²) in [4.78, 5) is 22.0. The molecule has 0 aromatic carbocycles. The molecule has 14 heavy (non-hydrogen) atoms. The maximum Gasteiger partial charge on any atom is 0.209 e. The molecule has 0 aliphatic heterocycles. The van der Waals surface area contributed by atoms with Gasteiger partial charge < -0.3 is 5.32 Å². The Bertz CT molecular complexity index is 223. The maximum atomic E-state index is 11.2. The van der Waals surface area contributed by atoms with Gasteiger partial charge in [0, 0.05) is 34.6 Å². The largest absolute Gasteiger partial charge is 0.302 e. The molecule has 0 aliphatic carbocycles. The first-order valence-electron chi connectivity index (χ1n) is 4.38. The Hall–Kier alpha value is 0.760. The summed E-state index contributed by atoms with van der Waals surface area (Å²) in [5, 5.41) is 3.20. The summed E-state index contributed by atoms with van der Waals surface area (Å²) in [6, 6.07) is -0.214. The highest BCUT2D eigenvalue weighted by molar-refractivity contribution is 14.1. The maximum absolute atomic E-state index is 11.2. The molecule has 0 aromatic heterocycles. The van der Waals surface area contributed by atoms with Gasteiger partial charge in [-0.25, -0.2) is 0 Å². The smallest absolute Gasteiger partial charge is 0.209 e. The standard InChI is InChI=1S/C9H15I2NO2/c1-9(2,3)12-6(8(11)14)4-5-7(10)13/h6,12H,4-5H2,1-3H3. The van der Waals surface area contributed by atoms with Gasteiger partial charge in [-0.2, -0.15) is 0 Å². The fourth-order valence-electron chi connectivity index (χ4n) is 1.02. The second kappa shape index (κ2) is 6.37. The van der Waals surface area contributed by atoms with Crippen molar-refractivity contribution in [2.24, 2.45) is 0 Å². The summed E-state index contributed by atoms with van der Waals surface area (Å²) in [6.07, 6.45) is 1.03. The van der Waals surface area contributed by atoms with Gasteiger partial charge in [-0.1, -0.05) is 0 Å². The molecule has 0 rings (SSSR count). The van der Waals surface area contributed by atoms with E-state index in [9.17, 15) is 9.59 Å². The molecular formula is C9H15I2NO2. The molecule has 1 atom stereocenters. The van der Waals surface area contributed by atoms with Crippen molar-refractivity contribution in [1.82, 2.24) is 5.32 Å². The minimum atomic E-state index is -0.214. The van der Waals surface area contributed by atoms with Crippen LogP contribution in [0.5, 0.6) is 0 Å². The first-order chi connectivity index (χ1) is 6.22. The highest BCUT2D eigenvalue weighted by atomic mass is 127. The van der Waals surface area contributed by atoms with Gasteiger partial charge >= 0.3 is 0 Å². The lowest BCUT2D eigenvalue weighted by atomic mass is 10.1. The Balaban J connectivity index is 4.17. The average molecular weight is 423 g/mol. The van der Waals surface area contributed by atoms with E-state index >= 15 is 0 Å². The van der Waals surface area contributed by atoms with Gasteiger partial charge in [-0.15, -0.1) is 0 Å². The van der Waals surface area contributed by atoms with Crippen LogP contribution in [0.4, 0.5) is 0 Å². The summed E-state index contributed by atoms with van der Waals surface area (Å²) in [5.74, 6) is 0. The van der Waals surface area contributed by atoms with E-state index in [-0.39, 0.29) is 19.2 Å². The predicted molar refractivity (Wildman–Crippen MR) is 74.0 cm³/mol. The molecule has 5 heteroatoms. The Kier molecular flexibility index (Phi) is 6.71. The minimum absolute atomic E-state index is 0.0650. The zero-order valence-electron chi connectivity index (χ0n) is 8.56. The van der Waals surface area contributed by atoms with Crippen LogP contribution in [0, 0.1) is 0 Å². The number of halogens is 2. The van der Waals surface area contributed by atoms with Crippen LogP contribution in [0.2, 0.25) is 0 Å². The first-order valence-corrected chi connectivity index (χ1v) is 6.53. The highest BCUT2D eigenvalue weighted by Crippen LogP contribution is 2.11. The second-order valence-electron chi connectivity index (χ2n) is 4.14. The van der Waals surface area contributed by atoms with Crippen LogP contribution in [0.25, 0.3) is 0 Å². The van der Waals surface area contributed by atoms with Gasteiger partial charge in [0.25, 0.3) is 0 Å². The molecule has 0 bridgehead atoms. The third-order valence-electron chi connectivity index (χ3n) is 1.51. The van der Waals surface area contributed by atoms with Crippen molar-refractivity contribution in [2.75, 3.05) is 0 Å². The topological polar surface area (TPSA) is 46.2 Å². The van der Waals surface area contributed by atoms with Crippen LogP contribution < -0.4 is 5.32 Å². The van der Waals surface area contributed by atoms with Crippen molar-refractivity contribution >= 4 is 52.8 Å². The quantitative estimate of drug-likeness (QED) is 0.546. The normalized spacial score (nSPS) is 13.8. The van der Waals surface area contributed by atoms with Crippen molar-refractivity contribution in [3.8, 4) is 0 Å². The summed E-state index contributed by atoms with van der Waals surface area (Å²) < 4.78 is 0.163. The molecule has 0 amide bonds. The molecule has 0 radical (unpaired) electrons. The molecule has 0 saturated carbocycles. The van der Waals surface area contributed by atoms with Gasteiger partial charge in [0.2, 0.25) is 3.79 Å². The van der Waals surface area contributed by atoms with Gasteiger partial charge in [0.15, 0.2) is 3.79 Å². The minimum Gasteiger partial charge on any atom is -0.302 e. The third kappa shape index (κ3) is 8.10. The summed E-state index contributed by atoms with van der Waals surface area (Å²) in [6.45, 7) is 6.02. The van der Waals surface area contributed by atoms with Crippen molar-refractivity contribution in [2.45, 2.75) is 45.2 Å². The predicted octanol–water partition coefficient (Wildman–Crippen LogP) is 2.45. The molecule has 0 saturated heterocycles. The third-order valence-corrected chi connectivity index (χ3v) is 2.80. The molecule has 3 nitrogen and oxygen atoms in total. The number of carbonyl (C=O) groups excluding carboxylic acids is 2. The van der Waals surface area contributed by atoms with Crippen molar-refractivity contribution < 1.29 is 9.59 Å². The monoisotopic (exact) mass is 423 g/mol. The molecule has 0 fully saturated rings. The van der Waals surface area contributed by atoms with Crippen molar-refractivity contribution in [1.29, 1.82) is 0 Å². The van der Waals surface area contributed by atoms with E-state index in [1.807, 2.05) is 20.8 Å². The fourth-order valence-corrected chi connectivity index (χ4v) is 1.80. The molecule has 0 aliphatic rings. The zero-order valence-corrected chi connectivity index (χ0v) is 12.9. The van der Waals surface area contributed by atoms with Crippen molar-refractivity contribution in [3.63, 3.8) is 0 Å². The number of rotatable bonds is 5. The van der Waals surface area contributed by atoms with E-state index in [4.69, 9.17) is 0 Å². The SMILES string of the molecule is CC(C)(C)NC(CCC(=O)I)C(=O)I. The van der Waals surface area contributed by atoms with Gasteiger partial charge in [0.05, 0.1) is 6.04 Å². The summed E-state index contributed by atoms with van der Waals surface area (Å²) in [7, 11) is 0.